The van der Waals surface area contributed by atoms with Crippen LogP contribution in [0, 0.1) is 6.92 Å². The lowest BCUT2D eigenvalue weighted by atomic mass is 10.1. The number of aryl methyl sites for hydroxylation is 2. The first-order chi connectivity index (χ1) is 9.01. The SMILES string of the molecule is COc1ccc(Cl)c(NC(C)c2cn(C)nc2C)c1. The van der Waals surface area contributed by atoms with Gasteiger partial charge < -0.3 is 10.1 Å². The molecule has 0 saturated carbocycles. The van der Waals surface area contributed by atoms with Crippen molar-refractivity contribution in [3.8, 4) is 5.75 Å². The van der Waals surface area contributed by atoms with Crippen molar-refractivity contribution in [3.63, 3.8) is 0 Å². The second-order valence-corrected chi connectivity index (χ2v) is 4.96. The molecule has 0 bridgehead atoms. The number of halogens is 1. The predicted molar refractivity (Wildman–Crippen MR) is 78.0 cm³/mol. The molecule has 2 rings (SSSR count). The van der Waals surface area contributed by atoms with Gasteiger partial charge in [0.05, 0.1) is 29.6 Å². The lowest BCUT2D eigenvalue weighted by molar-refractivity contribution is 0.415. The number of ether oxygens (including phenoxy) is 1. The molecule has 0 saturated heterocycles. The summed E-state index contributed by atoms with van der Waals surface area (Å²) in [6, 6.07) is 5.68. The first kappa shape index (κ1) is 13.7. The summed E-state index contributed by atoms with van der Waals surface area (Å²) in [4.78, 5) is 0. The number of nitrogens with one attached hydrogen (secondary N) is 1. The van der Waals surface area contributed by atoms with Crippen LogP contribution in [0.25, 0.3) is 0 Å². The Labute approximate surface area is 118 Å². The molecule has 4 nitrogen and oxygen atoms in total. The van der Waals surface area contributed by atoms with Crippen molar-refractivity contribution in [3.05, 3.63) is 40.7 Å². The van der Waals surface area contributed by atoms with Gasteiger partial charge in [-0.1, -0.05) is 11.6 Å². The van der Waals surface area contributed by atoms with Crippen LogP contribution >= 0.6 is 11.6 Å². The molecule has 2 aromatic rings. The summed E-state index contributed by atoms with van der Waals surface area (Å²) in [5.74, 6) is 0.780. The van der Waals surface area contributed by atoms with Crippen molar-refractivity contribution in [1.82, 2.24) is 9.78 Å². The van der Waals surface area contributed by atoms with Gasteiger partial charge in [0.15, 0.2) is 0 Å². The maximum absolute atomic E-state index is 6.19. The van der Waals surface area contributed by atoms with Crippen LogP contribution in [0.15, 0.2) is 24.4 Å². The summed E-state index contributed by atoms with van der Waals surface area (Å²) in [6.07, 6.45) is 2.01. The van der Waals surface area contributed by atoms with E-state index in [0.29, 0.717) is 5.02 Å². The Kier molecular flexibility index (Phi) is 4.00. The minimum atomic E-state index is 0.123. The van der Waals surface area contributed by atoms with Crippen molar-refractivity contribution in [2.24, 2.45) is 7.05 Å². The van der Waals surface area contributed by atoms with E-state index in [1.54, 1.807) is 7.11 Å². The maximum Gasteiger partial charge on any atom is 0.121 e. The van der Waals surface area contributed by atoms with Crippen LogP contribution in [0.4, 0.5) is 5.69 Å². The molecule has 1 aromatic carbocycles. The van der Waals surface area contributed by atoms with Gasteiger partial charge in [-0.2, -0.15) is 5.10 Å². The molecular formula is C14H18ClN3O. The van der Waals surface area contributed by atoms with Gasteiger partial charge in [-0.05, 0) is 26.0 Å². The molecule has 102 valence electrons. The number of rotatable bonds is 4. The molecule has 0 fully saturated rings. The van der Waals surface area contributed by atoms with E-state index < -0.39 is 0 Å². The van der Waals surface area contributed by atoms with Gasteiger partial charge in [0.1, 0.15) is 5.75 Å². The van der Waals surface area contributed by atoms with Gasteiger partial charge in [-0.3, -0.25) is 4.68 Å². The molecular weight excluding hydrogens is 262 g/mol. The van der Waals surface area contributed by atoms with E-state index in [4.69, 9.17) is 16.3 Å². The first-order valence-corrected chi connectivity index (χ1v) is 6.49. The molecule has 1 aromatic heterocycles. The topological polar surface area (TPSA) is 39.1 Å². The third kappa shape index (κ3) is 3.01. The van der Waals surface area contributed by atoms with E-state index in [1.807, 2.05) is 43.0 Å². The van der Waals surface area contributed by atoms with E-state index in [2.05, 4.69) is 17.3 Å². The molecule has 1 unspecified atom stereocenters. The molecule has 5 heteroatoms. The summed E-state index contributed by atoms with van der Waals surface area (Å²) in [7, 11) is 3.56. The van der Waals surface area contributed by atoms with E-state index in [-0.39, 0.29) is 6.04 Å². The summed E-state index contributed by atoms with van der Waals surface area (Å²) >= 11 is 6.19. The Morgan fingerprint density at radius 1 is 1.42 bits per heavy atom. The fraction of sp³-hybridized carbons (Fsp3) is 0.357. The minimum Gasteiger partial charge on any atom is -0.497 e. The normalized spacial score (nSPS) is 12.3. The van der Waals surface area contributed by atoms with Crippen molar-refractivity contribution < 1.29 is 4.74 Å². The smallest absolute Gasteiger partial charge is 0.121 e. The van der Waals surface area contributed by atoms with Gasteiger partial charge in [0.2, 0.25) is 0 Å². The molecule has 19 heavy (non-hydrogen) atoms. The Morgan fingerprint density at radius 3 is 2.74 bits per heavy atom. The van der Waals surface area contributed by atoms with E-state index >= 15 is 0 Å². The molecule has 0 radical (unpaired) electrons. The van der Waals surface area contributed by atoms with Crippen molar-refractivity contribution in [2.45, 2.75) is 19.9 Å². The van der Waals surface area contributed by atoms with Crippen LogP contribution in [-0.2, 0) is 7.05 Å². The highest BCUT2D eigenvalue weighted by Gasteiger charge is 2.13. The summed E-state index contributed by atoms with van der Waals surface area (Å²) in [5, 5.41) is 8.41. The molecule has 0 aliphatic heterocycles. The molecule has 1 N–H and O–H groups in total. The highest BCUT2D eigenvalue weighted by molar-refractivity contribution is 6.33. The van der Waals surface area contributed by atoms with Crippen LogP contribution < -0.4 is 10.1 Å². The van der Waals surface area contributed by atoms with Crippen LogP contribution in [0.3, 0.4) is 0 Å². The largest absolute Gasteiger partial charge is 0.497 e. The zero-order valence-corrected chi connectivity index (χ0v) is 12.3. The quantitative estimate of drug-likeness (QED) is 0.930. The maximum atomic E-state index is 6.19. The monoisotopic (exact) mass is 279 g/mol. The number of hydrogen-bond donors (Lipinski definition) is 1. The van der Waals surface area contributed by atoms with Gasteiger partial charge in [-0.15, -0.1) is 0 Å². The van der Waals surface area contributed by atoms with Crippen molar-refractivity contribution in [2.75, 3.05) is 12.4 Å². The van der Waals surface area contributed by atoms with E-state index in [0.717, 1.165) is 22.7 Å². The Bertz CT molecular complexity index is 580. The summed E-state index contributed by atoms with van der Waals surface area (Å²) < 4.78 is 7.03. The van der Waals surface area contributed by atoms with Crippen LogP contribution in [0.2, 0.25) is 5.02 Å². The lowest BCUT2D eigenvalue weighted by Gasteiger charge is -2.16. The molecule has 0 spiro atoms. The lowest BCUT2D eigenvalue weighted by Crippen LogP contribution is -2.07. The number of aromatic nitrogens is 2. The van der Waals surface area contributed by atoms with E-state index in [1.165, 1.54) is 0 Å². The number of hydrogen-bond acceptors (Lipinski definition) is 3. The third-order valence-electron chi connectivity index (χ3n) is 3.06. The number of anilines is 1. The standard InChI is InChI=1S/C14H18ClN3O/c1-9(12-8-18(3)17-10(12)2)16-14-7-11(19-4)5-6-13(14)15/h5-9,16H,1-4H3. The van der Waals surface area contributed by atoms with Gasteiger partial charge in [0, 0.05) is 24.9 Å². The summed E-state index contributed by atoms with van der Waals surface area (Å²) in [6.45, 7) is 4.08. The van der Waals surface area contributed by atoms with Crippen LogP contribution in [-0.4, -0.2) is 16.9 Å². The molecule has 0 aliphatic rings. The average Bonchev–Trinajstić information content (AvgIpc) is 2.71. The summed E-state index contributed by atoms with van der Waals surface area (Å²) in [5.41, 5.74) is 3.03. The van der Waals surface area contributed by atoms with Gasteiger partial charge >= 0.3 is 0 Å². The Hall–Kier alpha value is -1.68. The Balaban J connectivity index is 2.23. The predicted octanol–water partition coefficient (Wildman–Crippen LogP) is 3.56. The van der Waals surface area contributed by atoms with Crippen LogP contribution in [0.5, 0.6) is 5.75 Å². The van der Waals surface area contributed by atoms with Crippen LogP contribution in [0.1, 0.15) is 24.2 Å². The second kappa shape index (κ2) is 5.53. The molecule has 0 aliphatic carbocycles. The van der Waals surface area contributed by atoms with Crippen molar-refractivity contribution in [1.29, 1.82) is 0 Å². The highest BCUT2D eigenvalue weighted by atomic mass is 35.5. The van der Waals surface area contributed by atoms with E-state index in [9.17, 15) is 0 Å². The average molecular weight is 280 g/mol. The first-order valence-electron chi connectivity index (χ1n) is 6.11. The minimum absolute atomic E-state index is 0.123. The fourth-order valence-corrected chi connectivity index (χ4v) is 2.27. The van der Waals surface area contributed by atoms with Crippen molar-refractivity contribution >= 4 is 17.3 Å². The molecule has 1 heterocycles. The second-order valence-electron chi connectivity index (χ2n) is 4.56. The molecule has 0 amide bonds. The highest BCUT2D eigenvalue weighted by Crippen LogP contribution is 2.30. The zero-order chi connectivity index (χ0) is 14.0. The number of nitrogens with zero attached hydrogens (tertiary/aromatic N) is 2. The number of benzene rings is 1. The third-order valence-corrected chi connectivity index (χ3v) is 3.39. The Morgan fingerprint density at radius 2 is 2.16 bits per heavy atom. The zero-order valence-electron chi connectivity index (χ0n) is 11.6. The van der Waals surface area contributed by atoms with Gasteiger partial charge in [-0.25, -0.2) is 0 Å². The number of methoxy groups -OCH3 is 1. The van der Waals surface area contributed by atoms with Gasteiger partial charge in [0.25, 0.3) is 0 Å². The molecule has 1 atom stereocenters. The fourth-order valence-electron chi connectivity index (χ4n) is 2.10.